The zero-order valence-corrected chi connectivity index (χ0v) is 15.4. The van der Waals surface area contributed by atoms with Gasteiger partial charge in [0.1, 0.15) is 0 Å². The van der Waals surface area contributed by atoms with Crippen LogP contribution in [-0.2, 0) is 22.4 Å². The topological polar surface area (TPSA) is 55.4 Å². The van der Waals surface area contributed by atoms with Crippen LogP contribution in [0.2, 0.25) is 10.0 Å². The van der Waals surface area contributed by atoms with Crippen LogP contribution in [0.3, 0.4) is 0 Å². The molecule has 0 fully saturated rings. The molecule has 2 rings (SSSR count). The van der Waals surface area contributed by atoms with E-state index in [2.05, 4.69) is 10.1 Å². The maximum Gasteiger partial charge on any atom is 0.305 e. The number of carbonyl (C=O) groups is 2. The molecule has 2 aromatic carbocycles. The van der Waals surface area contributed by atoms with Crippen molar-refractivity contribution in [2.45, 2.75) is 19.3 Å². The number of methoxy groups -OCH3 is 1. The van der Waals surface area contributed by atoms with E-state index in [-0.39, 0.29) is 11.9 Å². The van der Waals surface area contributed by atoms with Gasteiger partial charge in [0.05, 0.1) is 22.7 Å². The number of rotatable bonds is 7. The second-order valence-electron chi connectivity index (χ2n) is 5.50. The van der Waals surface area contributed by atoms with Crippen LogP contribution in [0.4, 0.5) is 0 Å². The Morgan fingerprint density at radius 1 is 0.960 bits per heavy atom. The summed E-state index contributed by atoms with van der Waals surface area (Å²) in [5.74, 6) is -0.504. The van der Waals surface area contributed by atoms with Gasteiger partial charge in [0.2, 0.25) is 0 Å². The van der Waals surface area contributed by atoms with E-state index in [4.69, 9.17) is 23.2 Å². The third-order valence-corrected chi connectivity index (χ3v) is 4.39. The molecular formula is C19H19Cl2NO3. The molecule has 0 aromatic heterocycles. The van der Waals surface area contributed by atoms with Gasteiger partial charge in [-0.2, -0.15) is 0 Å². The highest BCUT2D eigenvalue weighted by Gasteiger charge is 2.13. The van der Waals surface area contributed by atoms with Crippen LogP contribution < -0.4 is 5.32 Å². The zero-order chi connectivity index (χ0) is 18.2. The largest absolute Gasteiger partial charge is 0.469 e. The number of ether oxygens (including phenoxy) is 1. The highest BCUT2D eigenvalue weighted by atomic mass is 35.5. The maximum atomic E-state index is 12.2. The molecule has 0 saturated carbocycles. The van der Waals surface area contributed by atoms with Crippen molar-refractivity contribution in [3.05, 3.63) is 69.2 Å². The fourth-order valence-electron chi connectivity index (χ4n) is 2.34. The molecular weight excluding hydrogens is 361 g/mol. The van der Waals surface area contributed by atoms with E-state index in [9.17, 15) is 9.59 Å². The van der Waals surface area contributed by atoms with Crippen molar-refractivity contribution < 1.29 is 14.3 Å². The summed E-state index contributed by atoms with van der Waals surface area (Å²) in [4.78, 5) is 23.3. The molecule has 0 aliphatic heterocycles. The number of aryl methyl sites for hydroxylation is 1. The first-order valence-electron chi connectivity index (χ1n) is 7.88. The van der Waals surface area contributed by atoms with Gasteiger partial charge in [-0.15, -0.1) is 0 Å². The van der Waals surface area contributed by atoms with Gasteiger partial charge < -0.3 is 10.1 Å². The predicted octanol–water partition coefficient (Wildman–Crippen LogP) is 4.07. The van der Waals surface area contributed by atoms with E-state index in [1.807, 2.05) is 24.3 Å². The van der Waals surface area contributed by atoms with E-state index >= 15 is 0 Å². The van der Waals surface area contributed by atoms with Gasteiger partial charge in [-0.3, -0.25) is 9.59 Å². The van der Waals surface area contributed by atoms with Crippen LogP contribution in [0.25, 0.3) is 0 Å². The fraction of sp³-hybridized carbons (Fsp3) is 0.263. The minimum Gasteiger partial charge on any atom is -0.469 e. The Morgan fingerprint density at radius 3 is 2.08 bits per heavy atom. The van der Waals surface area contributed by atoms with Crippen LogP contribution in [0.15, 0.2) is 42.5 Å². The normalized spacial score (nSPS) is 10.4. The van der Waals surface area contributed by atoms with Gasteiger partial charge in [0.15, 0.2) is 0 Å². The molecule has 0 heterocycles. The fourth-order valence-corrected chi connectivity index (χ4v) is 2.91. The molecule has 0 radical (unpaired) electrons. The number of esters is 1. The van der Waals surface area contributed by atoms with Crippen LogP contribution in [0.5, 0.6) is 0 Å². The number of halogens is 2. The van der Waals surface area contributed by atoms with E-state index in [1.165, 1.54) is 7.11 Å². The molecule has 25 heavy (non-hydrogen) atoms. The van der Waals surface area contributed by atoms with E-state index in [0.717, 1.165) is 11.1 Å². The second kappa shape index (κ2) is 9.44. The summed E-state index contributed by atoms with van der Waals surface area (Å²) in [5, 5.41) is 3.49. The average Bonchev–Trinajstić information content (AvgIpc) is 2.60. The monoisotopic (exact) mass is 379 g/mol. The second-order valence-corrected chi connectivity index (χ2v) is 6.31. The molecule has 2 aromatic rings. The number of amides is 1. The van der Waals surface area contributed by atoms with E-state index < -0.39 is 0 Å². The Hall–Kier alpha value is -2.04. The molecule has 1 N–H and O–H groups in total. The third kappa shape index (κ3) is 5.76. The molecule has 0 spiro atoms. The molecule has 0 atom stereocenters. The van der Waals surface area contributed by atoms with Crippen molar-refractivity contribution in [2.75, 3.05) is 13.7 Å². The van der Waals surface area contributed by atoms with Gasteiger partial charge in [-0.1, -0.05) is 53.5 Å². The van der Waals surface area contributed by atoms with E-state index in [0.29, 0.717) is 41.4 Å². The number of hydrogen-bond acceptors (Lipinski definition) is 3. The smallest absolute Gasteiger partial charge is 0.305 e. The Bertz CT molecular complexity index is 725. The van der Waals surface area contributed by atoms with Crippen molar-refractivity contribution in [3.63, 3.8) is 0 Å². The number of hydrogen-bond donors (Lipinski definition) is 1. The number of benzene rings is 2. The lowest BCUT2D eigenvalue weighted by Gasteiger charge is -2.09. The van der Waals surface area contributed by atoms with Crippen molar-refractivity contribution >= 4 is 35.1 Å². The van der Waals surface area contributed by atoms with Gasteiger partial charge in [-0.25, -0.2) is 0 Å². The summed E-state index contributed by atoms with van der Waals surface area (Å²) in [6, 6.07) is 12.9. The molecule has 132 valence electrons. The highest BCUT2D eigenvalue weighted by molar-refractivity contribution is 6.39. The average molecular weight is 380 g/mol. The minimum absolute atomic E-state index is 0.218. The van der Waals surface area contributed by atoms with E-state index in [1.54, 1.807) is 18.2 Å². The minimum atomic E-state index is -0.287. The van der Waals surface area contributed by atoms with Crippen molar-refractivity contribution in [1.29, 1.82) is 0 Å². The lowest BCUT2D eigenvalue weighted by Crippen LogP contribution is -2.26. The molecule has 6 heteroatoms. The van der Waals surface area contributed by atoms with Gasteiger partial charge >= 0.3 is 5.97 Å². The maximum absolute atomic E-state index is 12.2. The first kappa shape index (κ1) is 19.3. The summed E-state index contributed by atoms with van der Waals surface area (Å²) in [5.41, 5.74) is 2.46. The highest BCUT2D eigenvalue weighted by Crippen LogP contribution is 2.23. The van der Waals surface area contributed by atoms with Gasteiger partial charge in [0.25, 0.3) is 5.91 Å². The zero-order valence-electron chi connectivity index (χ0n) is 13.9. The molecule has 0 aliphatic rings. The van der Waals surface area contributed by atoms with Crippen LogP contribution >= 0.6 is 23.2 Å². The Kier molecular flexibility index (Phi) is 7.29. The van der Waals surface area contributed by atoms with Crippen molar-refractivity contribution in [3.8, 4) is 0 Å². The first-order chi connectivity index (χ1) is 12.0. The lowest BCUT2D eigenvalue weighted by atomic mass is 10.1. The summed E-state index contributed by atoms with van der Waals surface area (Å²) in [6.45, 7) is 0.474. The predicted molar refractivity (Wildman–Crippen MR) is 99.3 cm³/mol. The van der Waals surface area contributed by atoms with Crippen LogP contribution in [-0.4, -0.2) is 25.5 Å². The summed E-state index contributed by atoms with van der Waals surface area (Å²) >= 11 is 12.0. The Balaban J connectivity index is 1.83. The first-order valence-corrected chi connectivity index (χ1v) is 8.63. The quantitative estimate of drug-likeness (QED) is 0.737. The van der Waals surface area contributed by atoms with Gasteiger partial charge in [-0.05, 0) is 36.1 Å². The summed E-state index contributed by atoms with van der Waals surface area (Å²) in [6.07, 6.45) is 1.70. The lowest BCUT2D eigenvalue weighted by molar-refractivity contribution is -0.140. The molecule has 0 unspecified atom stereocenters. The van der Waals surface area contributed by atoms with Gasteiger partial charge in [0, 0.05) is 13.0 Å². The van der Waals surface area contributed by atoms with Crippen LogP contribution in [0.1, 0.15) is 27.9 Å². The Labute approximate surface area is 157 Å². The van der Waals surface area contributed by atoms with Crippen molar-refractivity contribution in [1.82, 2.24) is 5.32 Å². The molecule has 0 saturated heterocycles. The number of carbonyl (C=O) groups excluding carboxylic acids is 2. The summed E-state index contributed by atoms with van der Waals surface area (Å²) < 4.78 is 4.63. The molecule has 0 bridgehead atoms. The Morgan fingerprint density at radius 2 is 1.52 bits per heavy atom. The number of nitrogens with one attached hydrogen (secondary N) is 1. The third-order valence-electron chi connectivity index (χ3n) is 3.76. The molecule has 0 aliphatic carbocycles. The van der Waals surface area contributed by atoms with Crippen molar-refractivity contribution in [2.24, 2.45) is 0 Å². The standard InChI is InChI=1S/C19H19Cl2NO3/c1-25-17(23)10-9-13-5-7-14(8-6-13)11-12-22-19(24)18-15(20)3-2-4-16(18)21/h2-8H,9-12H2,1H3,(H,22,24). The molecule has 4 nitrogen and oxygen atoms in total. The molecule has 1 amide bonds. The summed E-state index contributed by atoms with van der Waals surface area (Å²) in [7, 11) is 1.38. The van der Waals surface area contributed by atoms with Crippen LogP contribution in [0, 0.1) is 0 Å². The SMILES string of the molecule is COC(=O)CCc1ccc(CCNC(=O)c2c(Cl)cccc2Cl)cc1.